The molecule has 0 saturated carbocycles. The fraction of sp³-hybridized carbons (Fsp3) is 0.455. The van der Waals surface area contributed by atoms with Crippen molar-refractivity contribution in [3.05, 3.63) is 59.7 Å². The number of unbranched alkanes of at least 4 members (excludes halogenated alkanes) is 1. The first-order chi connectivity index (χ1) is 13.4. The predicted molar refractivity (Wildman–Crippen MR) is 113 cm³/mol. The van der Waals surface area contributed by atoms with Gasteiger partial charge in [-0.15, -0.1) is 0 Å². The summed E-state index contributed by atoms with van der Waals surface area (Å²) in [5.74, 6) is -0.0526. The van der Waals surface area contributed by atoms with Crippen molar-refractivity contribution >= 4 is 10.0 Å². The molecule has 6 heteroatoms. The molecule has 0 aromatic heterocycles. The summed E-state index contributed by atoms with van der Waals surface area (Å²) < 4.78 is 29.1. The standard InChI is InChI=1S/C22H31NO4S/c1-3-5-12-19(9-4-2)28(26,27)23-21(15-17-10-7-6-8-11-17)20-16-18(24)13-14-22(20)25/h6-8,10-11,13-14,16,19,21,23-25H,3-5,9,12,15H2,1-2H3. The number of phenols is 2. The third-order valence-electron chi connectivity index (χ3n) is 4.90. The molecule has 0 spiro atoms. The van der Waals surface area contributed by atoms with Crippen LogP contribution in [0.25, 0.3) is 0 Å². The van der Waals surface area contributed by atoms with Gasteiger partial charge in [0.05, 0.1) is 11.3 Å². The molecule has 0 aliphatic heterocycles. The molecule has 154 valence electrons. The number of hydrogen-bond donors (Lipinski definition) is 3. The zero-order valence-corrected chi connectivity index (χ0v) is 17.5. The van der Waals surface area contributed by atoms with E-state index >= 15 is 0 Å². The number of rotatable bonds is 11. The van der Waals surface area contributed by atoms with Gasteiger partial charge in [-0.3, -0.25) is 0 Å². The Morgan fingerprint density at radius 3 is 2.32 bits per heavy atom. The maximum Gasteiger partial charge on any atom is 0.215 e. The molecule has 0 fully saturated rings. The van der Waals surface area contributed by atoms with Crippen molar-refractivity contribution < 1.29 is 18.6 Å². The van der Waals surface area contributed by atoms with E-state index in [4.69, 9.17) is 0 Å². The fourth-order valence-electron chi connectivity index (χ4n) is 3.39. The highest BCUT2D eigenvalue weighted by Gasteiger charge is 2.29. The summed E-state index contributed by atoms with van der Waals surface area (Å²) in [6, 6.07) is 13.0. The van der Waals surface area contributed by atoms with Crippen LogP contribution in [0.5, 0.6) is 11.5 Å². The zero-order chi connectivity index (χ0) is 20.6. The van der Waals surface area contributed by atoms with Crippen molar-refractivity contribution in [3.63, 3.8) is 0 Å². The van der Waals surface area contributed by atoms with Crippen LogP contribution in [0.4, 0.5) is 0 Å². The van der Waals surface area contributed by atoms with Crippen LogP contribution < -0.4 is 4.72 Å². The van der Waals surface area contributed by atoms with Gasteiger partial charge >= 0.3 is 0 Å². The van der Waals surface area contributed by atoms with E-state index in [1.165, 1.54) is 18.2 Å². The lowest BCUT2D eigenvalue weighted by atomic mass is 9.99. The number of hydrogen-bond acceptors (Lipinski definition) is 4. The van der Waals surface area contributed by atoms with Crippen LogP contribution in [0, 0.1) is 0 Å². The molecule has 0 aliphatic rings. The summed E-state index contributed by atoms with van der Waals surface area (Å²) in [7, 11) is -3.60. The van der Waals surface area contributed by atoms with Crippen LogP contribution >= 0.6 is 0 Å². The lowest BCUT2D eigenvalue weighted by molar-refractivity contribution is 0.442. The first-order valence-corrected chi connectivity index (χ1v) is 11.5. The molecule has 2 atom stereocenters. The SMILES string of the molecule is CCCCC(CCC)S(=O)(=O)NC(Cc1ccccc1)c1cc(O)ccc1O. The van der Waals surface area contributed by atoms with Crippen LogP contribution in [-0.2, 0) is 16.4 Å². The number of sulfonamides is 1. The van der Waals surface area contributed by atoms with E-state index in [9.17, 15) is 18.6 Å². The monoisotopic (exact) mass is 405 g/mol. The number of nitrogens with one attached hydrogen (secondary N) is 1. The Bertz CT molecular complexity index is 837. The molecule has 2 unspecified atom stereocenters. The molecule has 0 radical (unpaired) electrons. The molecular formula is C22H31NO4S. The van der Waals surface area contributed by atoms with Gasteiger partial charge in [0.2, 0.25) is 10.0 Å². The van der Waals surface area contributed by atoms with Crippen molar-refractivity contribution in [1.29, 1.82) is 0 Å². The summed E-state index contributed by atoms with van der Waals surface area (Å²) in [5, 5.41) is 19.7. The second kappa shape index (κ2) is 10.5. The second-order valence-electron chi connectivity index (χ2n) is 7.20. The van der Waals surface area contributed by atoms with Gasteiger partial charge in [-0.2, -0.15) is 0 Å². The summed E-state index contributed by atoms with van der Waals surface area (Å²) >= 11 is 0. The Kier molecular flexibility index (Phi) is 8.33. The van der Waals surface area contributed by atoms with Crippen LogP contribution in [-0.4, -0.2) is 23.9 Å². The molecule has 2 rings (SSSR count). The van der Waals surface area contributed by atoms with Crippen LogP contribution in [0.3, 0.4) is 0 Å². The van der Waals surface area contributed by atoms with Gasteiger partial charge in [0.15, 0.2) is 0 Å². The smallest absolute Gasteiger partial charge is 0.215 e. The normalized spacial score (nSPS) is 13.9. The van der Waals surface area contributed by atoms with Crippen molar-refractivity contribution in [2.24, 2.45) is 0 Å². The molecule has 0 bridgehead atoms. The van der Waals surface area contributed by atoms with Gasteiger partial charge in [-0.05, 0) is 43.0 Å². The zero-order valence-electron chi connectivity index (χ0n) is 16.6. The van der Waals surface area contributed by atoms with Crippen LogP contribution in [0.2, 0.25) is 0 Å². The summed E-state index contributed by atoms with van der Waals surface area (Å²) in [4.78, 5) is 0. The number of phenolic OH excluding ortho intramolecular Hbond substituents is 2. The van der Waals surface area contributed by atoms with Crippen molar-refractivity contribution in [2.45, 2.75) is 63.7 Å². The average Bonchev–Trinajstić information content (AvgIpc) is 2.67. The maximum absolute atomic E-state index is 13.1. The van der Waals surface area contributed by atoms with E-state index in [1.807, 2.05) is 44.2 Å². The summed E-state index contributed by atoms with van der Waals surface area (Å²) in [5.41, 5.74) is 1.32. The largest absolute Gasteiger partial charge is 0.508 e. The Labute approximate surface area is 168 Å². The quantitative estimate of drug-likeness (QED) is 0.475. The maximum atomic E-state index is 13.1. The van der Waals surface area contributed by atoms with Crippen LogP contribution in [0.15, 0.2) is 48.5 Å². The Morgan fingerprint density at radius 1 is 0.964 bits per heavy atom. The lowest BCUT2D eigenvalue weighted by Gasteiger charge is -2.24. The topological polar surface area (TPSA) is 86.6 Å². The second-order valence-corrected chi connectivity index (χ2v) is 9.19. The molecule has 28 heavy (non-hydrogen) atoms. The van der Waals surface area contributed by atoms with E-state index in [0.717, 1.165) is 24.8 Å². The molecule has 3 N–H and O–H groups in total. The van der Waals surface area contributed by atoms with Gasteiger partial charge in [-0.1, -0.05) is 63.4 Å². The van der Waals surface area contributed by atoms with E-state index in [2.05, 4.69) is 4.72 Å². The third-order valence-corrected chi connectivity index (χ3v) is 6.87. The minimum absolute atomic E-state index is 0.0128. The molecule has 2 aromatic carbocycles. The highest BCUT2D eigenvalue weighted by molar-refractivity contribution is 7.90. The average molecular weight is 406 g/mol. The summed E-state index contributed by atoms with van der Waals surface area (Å²) in [6.45, 7) is 4.03. The van der Waals surface area contributed by atoms with E-state index in [-0.39, 0.29) is 11.5 Å². The fourth-order valence-corrected chi connectivity index (χ4v) is 5.21. The van der Waals surface area contributed by atoms with Crippen molar-refractivity contribution in [2.75, 3.05) is 0 Å². The van der Waals surface area contributed by atoms with Crippen molar-refractivity contribution in [3.8, 4) is 11.5 Å². The van der Waals surface area contributed by atoms with Crippen molar-refractivity contribution in [1.82, 2.24) is 4.72 Å². The molecule has 5 nitrogen and oxygen atoms in total. The van der Waals surface area contributed by atoms with E-state index in [0.29, 0.717) is 24.8 Å². The van der Waals surface area contributed by atoms with E-state index < -0.39 is 21.3 Å². The van der Waals surface area contributed by atoms with E-state index in [1.54, 1.807) is 0 Å². The molecule has 0 aliphatic carbocycles. The third kappa shape index (κ3) is 6.24. The highest BCUT2D eigenvalue weighted by atomic mass is 32.2. The van der Waals surface area contributed by atoms with Gasteiger partial charge in [0.25, 0.3) is 0 Å². The first kappa shape index (κ1) is 22.2. The predicted octanol–water partition coefficient (Wildman–Crippen LogP) is 4.66. The van der Waals surface area contributed by atoms with Gasteiger partial charge in [0.1, 0.15) is 11.5 Å². The Hall–Kier alpha value is -2.05. The van der Waals surface area contributed by atoms with Crippen LogP contribution in [0.1, 0.15) is 63.1 Å². The molecule has 0 saturated heterocycles. The Morgan fingerprint density at radius 2 is 1.68 bits per heavy atom. The van der Waals surface area contributed by atoms with Gasteiger partial charge in [-0.25, -0.2) is 13.1 Å². The highest BCUT2D eigenvalue weighted by Crippen LogP contribution is 2.31. The van der Waals surface area contributed by atoms with Gasteiger partial charge < -0.3 is 10.2 Å². The number of aromatic hydroxyl groups is 2. The minimum atomic E-state index is -3.60. The molecular weight excluding hydrogens is 374 g/mol. The summed E-state index contributed by atoms with van der Waals surface area (Å²) in [6.07, 6.45) is 4.17. The Balaban J connectivity index is 2.36. The number of benzene rings is 2. The minimum Gasteiger partial charge on any atom is -0.508 e. The molecule has 0 amide bonds. The molecule has 2 aromatic rings. The lowest BCUT2D eigenvalue weighted by Crippen LogP contribution is -2.37. The van der Waals surface area contributed by atoms with Gasteiger partial charge in [0, 0.05) is 5.56 Å². The first-order valence-electron chi connectivity index (χ1n) is 9.94. The molecule has 0 heterocycles.